The minimum absolute atomic E-state index is 0.0967. The van der Waals surface area contributed by atoms with Gasteiger partial charge in [-0.2, -0.15) is 4.31 Å². The van der Waals surface area contributed by atoms with Gasteiger partial charge in [0.15, 0.2) is 5.78 Å². The van der Waals surface area contributed by atoms with Crippen molar-refractivity contribution >= 4 is 21.7 Å². The number of ketones is 1. The molecule has 0 aliphatic carbocycles. The second-order valence-corrected chi connectivity index (χ2v) is 9.58. The lowest BCUT2D eigenvalue weighted by molar-refractivity contribution is -0.140. The van der Waals surface area contributed by atoms with Crippen LogP contribution in [-0.2, 0) is 14.8 Å². The molecule has 1 aromatic carbocycles. The normalized spacial score (nSPS) is 22.6. The molecule has 1 aromatic rings. The summed E-state index contributed by atoms with van der Waals surface area (Å²) in [7, 11) is -3.65. The van der Waals surface area contributed by atoms with Crippen molar-refractivity contribution < 1.29 is 18.0 Å². The maximum absolute atomic E-state index is 12.9. The molecular weight excluding hydrogens is 364 g/mol. The third-order valence-corrected chi connectivity index (χ3v) is 7.66. The zero-order valence-electron chi connectivity index (χ0n) is 16.1. The average Bonchev–Trinajstić information content (AvgIpc) is 2.68. The number of Topliss-reactive ketones (excluding diaryl/α,β-unsaturated/α-hetero) is 1. The van der Waals surface area contributed by atoms with Crippen LogP contribution in [0, 0.1) is 5.92 Å². The SMILES string of the molecule is CC(=O)c1cccc(S(=O)(=O)N2CCC(C(=O)N3CCCCC3C)CC2)c1. The lowest BCUT2D eigenvalue weighted by Gasteiger charge is -2.38. The maximum atomic E-state index is 12.9. The van der Waals surface area contributed by atoms with Crippen LogP contribution in [0.15, 0.2) is 29.2 Å². The average molecular weight is 393 g/mol. The van der Waals surface area contributed by atoms with E-state index in [-0.39, 0.29) is 28.5 Å². The molecule has 0 bridgehead atoms. The number of amides is 1. The molecule has 6 nitrogen and oxygen atoms in total. The zero-order valence-corrected chi connectivity index (χ0v) is 16.9. The van der Waals surface area contributed by atoms with Crippen LogP contribution in [0.1, 0.15) is 56.3 Å². The predicted octanol–water partition coefficient (Wildman–Crippen LogP) is 2.69. The number of nitrogens with zero attached hydrogens (tertiary/aromatic N) is 2. The standard InChI is InChI=1S/C20H28N2O4S/c1-15-6-3-4-11-22(15)20(24)17-9-12-21(13-10-17)27(25,26)19-8-5-7-18(14-19)16(2)23/h5,7-8,14-15,17H,3-4,6,9-13H2,1-2H3. The molecule has 2 aliphatic rings. The van der Waals surface area contributed by atoms with Gasteiger partial charge >= 0.3 is 0 Å². The molecule has 2 heterocycles. The summed E-state index contributed by atoms with van der Waals surface area (Å²) in [6.07, 6.45) is 4.36. The molecule has 0 spiro atoms. The third-order valence-electron chi connectivity index (χ3n) is 5.77. The molecule has 1 atom stereocenters. The van der Waals surface area contributed by atoms with Crippen LogP contribution in [0.25, 0.3) is 0 Å². The molecule has 1 amide bonds. The minimum Gasteiger partial charge on any atom is -0.340 e. The lowest BCUT2D eigenvalue weighted by Crippen LogP contribution is -2.48. The first kappa shape index (κ1) is 20.0. The van der Waals surface area contributed by atoms with Crippen LogP contribution < -0.4 is 0 Å². The van der Waals surface area contributed by atoms with Crippen LogP contribution in [0.4, 0.5) is 0 Å². The zero-order chi connectivity index (χ0) is 19.6. The number of hydrogen-bond acceptors (Lipinski definition) is 4. The largest absolute Gasteiger partial charge is 0.340 e. The van der Waals surface area contributed by atoms with Gasteiger partial charge in [-0.25, -0.2) is 8.42 Å². The fraction of sp³-hybridized carbons (Fsp3) is 0.600. The lowest BCUT2D eigenvalue weighted by atomic mass is 9.94. The van der Waals surface area contributed by atoms with Crippen molar-refractivity contribution in [3.8, 4) is 0 Å². The van der Waals surface area contributed by atoms with E-state index in [9.17, 15) is 18.0 Å². The molecule has 2 saturated heterocycles. The molecular formula is C20H28N2O4S. The summed E-state index contributed by atoms with van der Waals surface area (Å²) in [4.78, 5) is 26.5. The monoisotopic (exact) mass is 392 g/mol. The molecule has 148 valence electrons. The Hall–Kier alpha value is -1.73. The molecule has 27 heavy (non-hydrogen) atoms. The Morgan fingerprint density at radius 2 is 1.74 bits per heavy atom. The summed E-state index contributed by atoms with van der Waals surface area (Å²) in [5.74, 6) is -0.0783. The molecule has 0 aromatic heterocycles. The molecule has 7 heteroatoms. The van der Waals surface area contributed by atoms with Crippen molar-refractivity contribution in [1.82, 2.24) is 9.21 Å². The van der Waals surface area contributed by atoms with Crippen LogP contribution >= 0.6 is 0 Å². The molecule has 1 unspecified atom stereocenters. The number of carbonyl (C=O) groups is 2. The van der Waals surface area contributed by atoms with Gasteiger partial charge in [-0.05, 0) is 58.1 Å². The first-order valence-corrected chi connectivity index (χ1v) is 11.2. The fourth-order valence-corrected chi connectivity index (χ4v) is 5.54. The van der Waals surface area contributed by atoms with E-state index in [1.54, 1.807) is 12.1 Å². The summed E-state index contributed by atoms with van der Waals surface area (Å²) in [6.45, 7) is 5.01. The maximum Gasteiger partial charge on any atom is 0.243 e. The second-order valence-electron chi connectivity index (χ2n) is 7.64. The fourth-order valence-electron chi connectivity index (χ4n) is 4.03. The number of carbonyl (C=O) groups excluding carboxylic acids is 2. The van der Waals surface area contributed by atoms with Crippen LogP contribution in [-0.4, -0.2) is 55.0 Å². The number of likely N-dealkylation sites (tertiary alicyclic amines) is 1. The van der Waals surface area contributed by atoms with Gasteiger partial charge in [-0.1, -0.05) is 12.1 Å². The van der Waals surface area contributed by atoms with Crippen molar-refractivity contribution in [2.24, 2.45) is 5.92 Å². The molecule has 2 fully saturated rings. The molecule has 0 N–H and O–H groups in total. The number of hydrogen-bond donors (Lipinski definition) is 0. The van der Waals surface area contributed by atoms with Crippen LogP contribution in [0.5, 0.6) is 0 Å². The van der Waals surface area contributed by atoms with E-state index in [4.69, 9.17) is 0 Å². The first-order valence-electron chi connectivity index (χ1n) is 9.72. The van der Waals surface area contributed by atoms with E-state index in [1.807, 2.05) is 4.90 Å². The Bertz CT molecular complexity index is 813. The van der Waals surface area contributed by atoms with E-state index in [0.29, 0.717) is 31.5 Å². The summed E-state index contributed by atoms with van der Waals surface area (Å²) >= 11 is 0. The van der Waals surface area contributed by atoms with E-state index in [0.717, 1.165) is 19.4 Å². The Morgan fingerprint density at radius 3 is 2.37 bits per heavy atom. The summed E-state index contributed by atoms with van der Waals surface area (Å²) in [5.41, 5.74) is 0.389. The summed E-state index contributed by atoms with van der Waals surface area (Å²) < 4.78 is 27.3. The van der Waals surface area contributed by atoms with E-state index in [1.165, 1.54) is 29.8 Å². The molecule has 0 saturated carbocycles. The Kier molecular flexibility index (Phi) is 6.01. The van der Waals surface area contributed by atoms with E-state index in [2.05, 4.69) is 6.92 Å². The van der Waals surface area contributed by atoms with Crippen molar-refractivity contribution in [2.75, 3.05) is 19.6 Å². The van der Waals surface area contributed by atoms with Crippen molar-refractivity contribution in [1.29, 1.82) is 0 Å². The van der Waals surface area contributed by atoms with Crippen molar-refractivity contribution in [2.45, 2.75) is 56.9 Å². The van der Waals surface area contributed by atoms with Gasteiger partial charge in [-0.15, -0.1) is 0 Å². The van der Waals surface area contributed by atoms with Crippen LogP contribution in [0.3, 0.4) is 0 Å². The Labute approximate surface area is 161 Å². The third kappa shape index (κ3) is 4.24. The van der Waals surface area contributed by atoms with Crippen molar-refractivity contribution in [3.05, 3.63) is 29.8 Å². The Morgan fingerprint density at radius 1 is 1.04 bits per heavy atom. The molecule has 2 aliphatic heterocycles. The van der Waals surface area contributed by atoms with Gasteiger partial charge in [-0.3, -0.25) is 9.59 Å². The number of rotatable bonds is 4. The topological polar surface area (TPSA) is 74.8 Å². The number of sulfonamides is 1. The molecule has 0 radical (unpaired) electrons. The van der Waals surface area contributed by atoms with Crippen LogP contribution in [0.2, 0.25) is 0 Å². The van der Waals surface area contributed by atoms with E-state index >= 15 is 0 Å². The summed E-state index contributed by atoms with van der Waals surface area (Å²) in [5, 5.41) is 0. The highest BCUT2D eigenvalue weighted by Crippen LogP contribution is 2.28. The number of benzene rings is 1. The van der Waals surface area contributed by atoms with Gasteiger partial charge in [0.2, 0.25) is 15.9 Å². The van der Waals surface area contributed by atoms with E-state index < -0.39 is 10.0 Å². The second kappa shape index (κ2) is 8.10. The van der Waals surface area contributed by atoms with Crippen molar-refractivity contribution in [3.63, 3.8) is 0 Å². The highest BCUT2D eigenvalue weighted by Gasteiger charge is 2.35. The summed E-state index contributed by atoms with van der Waals surface area (Å²) in [6, 6.07) is 6.45. The van der Waals surface area contributed by atoms with Gasteiger partial charge in [0, 0.05) is 37.2 Å². The van der Waals surface area contributed by atoms with Gasteiger partial charge in [0.05, 0.1) is 4.90 Å². The predicted molar refractivity (Wildman–Crippen MR) is 103 cm³/mol. The highest BCUT2D eigenvalue weighted by molar-refractivity contribution is 7.89. The molecule has 3 rings (SSSR count). The minimum atomic E-state index is -3.65. The Balaban J connectivity index is 1.67. The smallest absolute Gasteiger partial charge is 0.243 e. The van der Waals surface area contributed by atoms with Gasteiger partial charge in [0.25, 0.3) is 0 Å². The van der Waals surface area contributed by atoms with Gasteiger partial charge in [0.1, 0.15) is 0 Å². The first-order chi connectivity index (χ1) is 12.8. The highest BCUT2D eigenvalue weighted by atomic mass is 32.2. The quantitative estimate of drug-likeness (QED) is 0.739. The van der Waals surface area contributed by atoms with Gasteiger partial charge < -0.3 is 4.90 Å². The number of piperidine rings is 2.